The Balaban J connectivity index is 1.66. The Morgan fingerprint density at radius 3 is 2.47 bits per heavy atom. The Labute approximate surface area is 211 Å². The second-order valence-corrected chi connectivity index (χ2v) is 9.16. The number of methoxy groups -OCH3 is 1. The molecule has 1 aliphatic heterocycles. The van der Waals surface area contributed by atoms with E-state index in [1.165, 1.54) is 28.6 Å². The minimum atomic E-state index is -0.874. The minimum absolute atomic E-state index is 0.00902. The summed E-state index contributed by atoms with van der Waals surface area (Å²) in [5, 5.41) is 11.5. The molecule has 5 rings (SSSR count). The van der Waals surface area contributed by atoms with E-state index in [-0.39, 0.29) is 11.3 Å². The zero-order valence-corrected chi connectivity index (χ0v) is 20.5. The zero-order valence-electron chi connectivity index (χ0n) is 19.7. The summed E-state index contributed by atoms with van der Waals surface area (Å²) in [6.07, 6.45) is 3.90. The van der Waals surface area contributed by atoms with Gasteiger partial charge in [-0.05, 0) is 54.4 Å². The third-order valence-electron chi connectivity index (χ3n) is 5.86. The summed E-state index contributed by atoms with van der Waals surface area (Å²) in [6.45, 7) is 2.60. The van der Waals surface area contributed by atoms with Gasteiger partial charge < -0.3 is 14.6 Å². The summed E-state index contributed by atoms with van der Waals surface area (Å²) in [5.41, 5.74) is 1.70. The van der Waals surface area contributed by atoms with Crippen molar-refractivity contribution in [2.75, 3.05) is 18.6 Å². The van der Waals surface area contributed by atoms with Crippen LogP contribution in [0.25, 0.3) is 16.0 Å². The number of hydrogen-bond donors (Lipinski definition) is 1. The summed E-state index contributed by atoms with van der Waals surface area (Å²) in [7, 11) is 1.58. The number of rotatable bonds is 7. The van der Waals surface area contributed by atoms with E-state index in [2.05, 4.69) is 9.97 Å². The molecule has 3 heterocycles. The maximum Gasteiger partial charge on any atom is 0.301 e. The van der Waals surface area contributed by atoms with Crippen molar-refractivity contribution in [1.29, 1.82) is 0 Å². The van der Waals surface area contributed by atoms with Gasteiger partial charge in [-0.3, -0.25) is 19.5 Å². The highest BCUT2D eigenvalue weighted by Gasteiger charge is 2.48. The molecule has 2 aromatic heterocycles. The number of Topliss-reactive ketones (excluding diaryl/α,β-unsaturated/α-hetero) is 1. The molecular formula is C27H23N3O5S. The molecule has 0 spiro atoms. The lowest BCUT2D eigenvalue weighted by atomic mass is 9.95. The molecule has 182 valence electrons. The van der Waals surface area contributed by atoms with E-state index in [1.807, 2.05) is 13.0 Å². The average molecular weight is 502 g/mol. The number of aliphatic hydroxyl groups excluding tert-OH is 1. The number of fused-ring (bicyclic) bond motifs is 1. The number of ketones is 1. The van der Waals surface area contributed by atoms with Crippen LogP contribution in [0.1, 0.15) is 30.5 Å². The van der Waals surface area contributed by atoms with Crippen LogP contribution >= 0.6 is 11.3 Å². The molecule has 4 aromatic rings. The van der Waals surface area contributed by atoms with Crippen molar-refractivity contribution in [2.45, 2.75) is 19.4 Å². The smallest absolute Gasteiger partial charge is 0.301 e. The normalized spacial score (nSPS) is 17.1. The predicted octanol–water partition coefficient (Wildman–Crippen LogP) is 5.12. The molecule has 0 radical (unpaired) electrons. The molecule has 1 amide bonds. The second kappa shape index (κ2) is 9.79. The third kappa shape index (κ3) is 4.18. The lowest BCUT2D eigenvalue weighted by Crippen LogP contribution is -2.29. The number of amides is 1. The van der Waals surface area contributed by atoms with Crippen molar-refractivity contribution in [1.82, 2.24) is 9.97 Å². The number of nitrogens with zero attached hydrogens (tertiary/aromatic N) is 3. The molecule has 0 aliphatic carbocycles. The van der Waals surface area contributed by atoms with E-state index in [0.29, 0.717) is 39.9 Å². The van der Waals surface area contributed by atoms with Crippen LogP contribution in [0.4, 0.5) is 5.13 Å². The molecule has 1 unspecified atom stereocenters. The monoisotopic (exact) mass is 501 g/mol. The van der Waals surface area contributed by atoms with Crippen LogP contribution in [0.5, 0.6) is 11.5 Å². The Kier molecular flexibility index (Phi) is 6.39. The standard InChI is InChI=1S/C27H23N3O5S/c1-3-14-35-18-6-4-16(5-7-18)23-22(24(31)17-10-12-28-13-11-17)25(32)26(33)30(23)27-29-20-9-8-19(34-2)15-21(20)36-27/h4-13,15,23,31H,3,14H2,1-2H3/b24-22+. The van der Waals surface area contributed by atoms with Crippen LogP contribution in [-0.2, 0) is 9.59 Å². The van der Waals surface area contributed by atoms with Crippen LogP contribution in [0.3, 0.4) is 0 Å². The SMILES string of the molecule is CCCOc1ccc(C2/C(=C(\O)c3ccncc3)C(=O)C(=O)N2c2nc3ccc(OC)cc3s2)cc1. The molecule has 0 saturated carbocycles. The van der Waals surface area contributed by atoms with Gasteiger partial charge in [0.1, 0.15) is 17.3 Å². The van der Waals surface area contributed by atoms with Crippen molar-refractivity contribution < 1.29 is 24.2 Å². The van der Waals surface area contributed by atoms with Crippen LogP contribution in [-0.4, -0.2) is 40.5 Å². The summed E-state index contributed by atoms with van der Waals surface area (Å²) in [5.74, 6) is -0.460. The fourth-order valence-corrected chi connectivity index (χ4v) is 5.12. The van der Waals surface area contributed by atoms with Crippen LogP contribution in [0.15, 0.2) is 72.6 Å². The van der Waals surface area contributed by atoms with E-state index >= 15 is 0 Å². The molecule has 0 bridgehead atoms. The molecule has 1 N–H and O–H groups in total. The van der Waals surface area contributed by atoms with Crippen molar-refractivity contribution >= 4 is 44.1 Å². The summed E-state index contributed by atoms with van der Waals surface area (Å²) >= 11 is 1.27. The number of ether oxygens (including phenoxy) is 2. The number of aliphatic hydroxyl groups is 1. The third-order valence-corrected chi connectivity index (χ3v) is 6.87. The average Bonchev–Trinajstić information content (AvgIpc) is 3.45. The lowest BCUT2D eigenvalue weighted by Gasteiger charge is -2.23. The fraction of sp³-hybridized carbons (Fsp3) is 0.185. The Morgan fingerprint density at radius 1 is 1.06 bits per heavy atom. The lowest BCUT2D eigenvalue weighted by molar-refractivity contribution is -0.132. The van der Waals surface area contributed by atoms with Crippen molar-refractivity contribution in [3.05, 3.63) is 83.7 Å². The van der Waals surface area contributed by atoms with Crippen molar-refractivity contribution in [2.24, 2.45) is 0 Å². The molecule has 9 heteroatoms. The van der Waals surface area contributed by atoms with Gasteiger partial charge in [0, 0.05) is 18.0 Å². The van der Waals surface area contributed by atoms with Crippen LogP contribution < -0.4 is 14.4 Å². The number of hydrogen-bond acceptors (Lipinski definition) is 8. The molecule has 1 fully saturated rings. The molecule has 1 atom stereocenters. The van der Waals surface area contributed by atoms with Crippen LogP contribution in [0.2, 0.25) is 0 Å². The van der Waals surface area contributed by atoms with Gasteiger partial charge in [0.2, 0.25) is 0 Å². The fourth-order valence-electron chi connectivity index (χ4n) is 4.10. The number of carbonyl (C=O) groups excluding carboxylic acids is 2. The summed E-state index contributed by atoms with van der Waals surface area (Å²) in [6, 6.07) is 14.9. The van der Waals surface area contributed by atoms with E-state index in [0.717, 1.165) is 11.1 Å². The van der Waals surface area contributed by atoms with Gasteiger partial charge in [0.25, 0.3) is 5.78 Å². The number of aromatic nitrogens is 2. The molecule has 2 aromatic carbocycles. The number of carbonyl (C=O) groups is 2. The first kappa shape index (κ1) is 23.5. The number of anilines is 1. The highest BCUT2D eigenvalue weighted by atomic mass is 32.1. The van der Waals surface area contributed by atoms with E-state index in [9.17, 15) is 14.7 Å². The van der Waals surface area contributed by atoms with Crippen LogP contribution in [0, 0.1) is 0 Å². The number of thiazole rings is 1. The predicted molar refractivity (Wildman–Crippen MR) is 137 cm³/mol. The van der Waals surface area contributed by atoms with E-state index in [4.69, 9.17) is 9.47 Å². The molecule has 1 saturated heterocycles. The Morgan fingerprint density at radius 2 is 1.78 bits per heavy atom. The van der Waals surface area contributed by atoms with Crippen molar-refractivity contribution in [3.8, 4) is 11.5 Å². The largest absolute Gasteiger partial charge is 0.507 e. The van der Waals surface area contributed by atoms with Gasteiger partial charge in [0.05, 0.1) is 35.5 Å². The maximum atomic E-state index is 13.4. The minimum Gasteiger partial charge on any atom is -0.507 e. The number of benzene rings is 2. The van der Waals surface area contributed by atoms with E-state index in [1.54, 1.807) is 55.6 Å². The summed E-state index contributed by atoms with van der Waals surface area (Å²) < 4.78 is 11.8. The first-order valence-corrected chi connectivity index (χ1v) is 12.2. The Hall–Kier alpha value is -4.24. The molecule has 36 heavy (non-hydrogen) atoms. The zero-order chi connectivity index (χ0) is 25.2. The highest BCUT2D eigenvalue weighted by Crippen LogP contribution is 2.44. The molecular weight excluding hydrogens is 478 g/mol. The first-order chi connectivity index (χ1) is 17.5. The van der Waals surface area contributed by atoms with E-state index < -0.39 is 17.7 Å². The highest BCUT2D eigenvalue weighted by molar-refractivity contribution is 7.22. The van der Waals surface area contributed by atoms with Crippen molar-refractivity contribution in [3.63, 3.8) is 0 Å². The summed E-state index contributed by atoms with van der Waals surface area (Å²) in [4.78, 5) is 36.7. The second-order valence-electron chi connectivity index (χ2n) is 8.15. The first-order valence-electron chi connectivity index (χ1n) is 11.4. The molecule has 1 aliphatic rings. The van der Waals surface area contributed by atoms with Gasteiger partial charge >= 0.3 is 5.91 Å². The molecule has 8 nitrogen and oxygen atoms in total. The van der Waals surface area contributed by atoms with Gasteiger partial charge in [-0.15, -0.1) is 0 Å². The van der Waals surface area contributed by atoms with Gasteiger partial charge in [0.15, 0.2) is 5.13 Å². The quantitative estimate of drug-likeness (QED) is 0.213. The van der Waals surface area contributed by atoms with Gasteiger partial charge in [-0.25, -0.2) is 4.98 Å². The topological polar surface area (TPSA) is 102 Å². The maximum absolute atomic E-state index is 13.4. The van der Waals surface area contributed by atoms with Gasteiger partial charge in [-0.1, -0.05) is 30.4 Å². The Bertz CT molecular complexity index is 1460. The van der Waals surface area contributed by atoms with Gasteiger partial charge in [-0.2, -0.15) is 0 Å². The number of pyridine rings is 1.